The largest absolute Gasteiger partial charge is 0.497 e. The maximum absolute atomic E-state index is 6.22. The van der Waals surface area contributed by atoms with Crippen LogP contribution >= 0.6 is 23.2 Å². The number of unbranched alkanes of at least 4 members (excludes halogenated alkanes) is 1. The van der Waals surface area contributed by atoms with Crippen LogP contribution in [0.4, 0.5) is 0 Å². The van der Waals surface area contributed by atoms with E-state index in [4.69, 9.17) is 42.6 Å². The van der Waals surface area contributed by atoms with E-state index in [2.05, 4.69) is 25.1 Å². The number of aromatic nitrogens is 2. The Hall–Kier alpha value is -3.60. The van der Waals surface area contributed by atoms with Crippen LogP contribution in [0, 0.1) is 0 Å². The molecular formula is C31H26Cl2N2O2. The van der Waals surface area contributed by atoms with E-state index in [0.717, 1.165) is 63.1 Å². The number of halogens is 2. The number of methoxy groups -OCH3 is 1. The molecule has 3 aromatic carbocycles. The van der Waals surface area contributed by atoms with Gasteiger partial charge in [0.2, 0.25) is 5.88 Å². The molecule has 186 valence electrons. The van der Waals surface area contributed by atoms with Crippen LogP contribution in [0.3, 0.4) is 0 Å². The lowest BCUT2D eigenvalue weighted by atomic mass is 9.99. The van der Waals surface area contributed by atoms with Gasteiger partial charge in [0.1, 0.15) is 5.75 Å². The third kappa shape index (κ3) is 5.71. The molecule has 0 fully saturated rings. The summed E-state index contributed by atoms with van der Waals surface area (Å²) < 4.78 is 11.7. The van der Waals surface area contributed by atoms with Crippen molar-refractivity contribution < 1.29 is 9.47 Å². The summed E-state index contributed by atoms with van der Waals surface area (Å²) in [5, 5.41) is 2.32. The number of nitrogens with zero attached hydrogens (tertiary/aromatic N) is 2. The van der Waals surface area contributed by atoms with Crippen LogP contribution in [-0.2, 0) is 0 Å². The van der Waals surface area contributed by atoms with E-state index in [9.17, 15) is 0 Å². The van der Waals surface area contributed by atoms with Crippen LogP contribution in [0.25, 0.3) is 44.5 Å². The Balaban J connectivity index is 1.72. The van der Waals surface area contributed by atoms with Gasteiger partial charge in [0, 0.05) is 32.1 Å². The van der Waals surface area contributed by atoms with Gasteiger partial charge in [-0.15, -0.1) is 0 Å². The minimum Gasteiger partial charge on any atom is -0.497 e. The van der Waals surface area contributed by atoms with Crippen molar-refractivity contribution >= 4 is 34.1 Å². The predicted octanol–water partition coefficient (Wildman–Crippen LogP) is 9.13. The average molecular weight is 529 g/mol. The molecule has 0 N–H and O–H groups in total. The Morgan fingerprint density at radius 2 is 1.32 bits per heavy atom. The van der Waals surface area contributed by atoms with Crippen LogP contribution in [0.15, 0.2) is 84.9 Å². The second-order valence-corrected chi connectivity index (χ2v) is 9.61. The summed E-state index contributed by atoms with van der Waals surface area (Å²) in [5.74, 6) is 1.37. The first-order valence-electron chi connectivity index (χ1n) is 12.2. The number of pyridine rings is 2. The molecule has 2 aromatic heterocycles. The van der Waals surface area contributed by atoms with Crippen LogP contribution < -0.4 is 9.47 Å². The highest BCUT2D eigenvalue weighted by Gasteiger charge is 2.16. The summed E-state index contributed by atoms with van der Waals surface area (Å²) in [6.45, 7) is 2.74. The molecule has 4 nitrogen and oxygen atoms in total. The smallest absolute Gasteiger partial charge is 0.221 e. The summed E-state index contributed by atoms with van der Waals surface area (Å²) >= 11 is 12.3. The number of fused-ring (bicyclic) bond motifs is 1. The van der Waals surface area contributed by atoms with E-state index in [1.165, 1.54) is 0 Å². The molecule has 0 spiro atoms. The summed E-state index contributed by atoms with van der Waals surface area (Å²) in [5.41, 5.74) is 6.27. The maximum Gasteiger partial charge on any atom is 0.221 e. The summed E-state index contributed by atoms with van der Waals surface area (Å²) in [4.78, 5) is 9.88. The zero-order valence-electron chi connectivity index (χ0n) is 20.7. The van der Waals surface area contributed by atoms with Gasteiger partial charge in [-0.05, 0) is 72.6 Å². The minimum absolute atomic E-state index is 0.595. The molecule has 6 heteroatoms. The highest BCUT2D eigenvalue weighted by atomic mass is 35.5. The van der Waals surface area contributed by atoms with Gasteiger partial charge in [-0.3, -0.25) is 0 Å². The molecule has 0 saturated carbocycles. The third-order valence-corrected chi connectivity index (χ3v) is 6.64. The summed E-state index contributed by atoms with van der Waals surface area (Å²) in [7, 11) is 1.66. The normalized spacial score (nSPS) is 11.0. The first-order valence-corrected chi connectivity index (χ1v) is 13.0. The van der Waals surface area contributed by atoms with E-state index < -0.39 is 0 Å². The van der Waals surface area contributed by atoms with Gasteiger partial charge in [0.05, 0.1) is 30.6 Å². The van der Waals surface area contributed by atoms with Crippen LogP contribution in [0.1, 0.15) is 19.8 Å². The quantitative estimate of drug-likeness (QED) is 0.188. The fraction of sp³-hybridized carbons (Fsp3) is 0.161. The van der Waals surface area contributed by atoms with E-state index in [0.29, 0.717) is 22.5 Å². The average Bonchev–Trinajstić information content (AvgIpc) is 2.93. The Bertz CT molecular complexity index is 1470. The Kier molecular flexibility index (Phi) is 7.59. The van der Waals surface area contributed by atoms with Crippen LogP contribution in [0.2, 0.25) is 10.0 Å². The fourth-order valence-electron chi connectivity index (χ4n) is 4.12. The molecule has 0 atom stereocenters. The van der Waals surface area contributed by atoms with Crippen molar-refractivity contribution in [3.05, 3.63) is 95.0 Å². The SMILES string of the molecule is CCCCOc1nc2ccc(OC)cc2cc1-c1cc(-c2ccc(Cl)cc2)nc(-c2ccc(Cl)cc2)c1. The molecule has 0 saturated heterocycles. The van der Waals surface area contributed by atoms with Crippen molar-refractivity contribution in [2.24, 2.45) is 0 Å². The first-order chi connectivity index (χ1) is 18.0. The number of ether oxygens (including phenoxy) is 2. The van der Waals surface area contributed by atoms with Gasteiger partial charge in [-0.1, -0.05) is 60.8 Å². The molecule has 5 aromatic rings. The molecule has 0 aliphatic carbocycles. The van der Waals surface area contributed by atoms with Gasteiger partial charge in [0.15, 0.2) is 0 Å². The summed E-state index contributed by atoms with van der Waals surface area (Å²) in [6.07, 6.45) is 1.99. The lowest BCUT2D eigenvalue weighted by molar-refractivity contribution is 0.300. The van der Waals surface area contributed by atoms with Crippen LogP contribution in [0.5, 0.6) is 11.6 Å². The number of hydrogen-bond donors (Lipinski definition) is 0. The molecule has 37 heavy (non-hydrogen) atoms. The molecule has 2 heterocycles. The van der Waals surface area contributed by atoms with Gasteiger partial charge >= 0.3 is 0 Å². The molecular weight excluding hydrogens is 503 g/mol. The second-order valence-electron chi connectivity index (χ2n) is 8.74. The molecule has 0 aliphatic heterocycles. The molecule has 0 amide bonds. The lowest BCUT2D eigenvalue weighted by Crippen LogP contribution is -2.01. The molecule has 5 rings (SSSR count). The van der Waals surface area contributed by atoms with Crippen molar-refractivity contribution in [2.45, 2.75) is 19.8 Å². The summed E-state index contributed by atoms with van der Waals surface area (Å²) in [6, 6.07) is 27.5. The standard InChI is InChI=1S/C31H26Cl2N2O2/c1-3-4-15-37-31-27(17-23-16-26(36-2)13-14-28(23)35-31)22-18-29(20-5-9-24(32)10-6-20)34-30(19-22)21-7-11-25(33)12-8-21/h5-14,16-19H,3-4,15H2,1-2H3. The number of benzene rings is 3. The van der Waals surface area contributed by atoms with Crippen molar-refractivity contribution in [3.63, 3.8) is 0 Å². The molecule has 0 unspecified atom stereocenters. The zero-order valence-corrected chi connectivity index (χ0v) is 22.2. The highest BCUT2D eigenvalue weighted by molar-refractivity contribution is 6.30. The van der Waals surface area contributed by atoms with Gasteiger partial charge < -0.3 is 9.47 Å². The predicted molar refractivity (Wildman–Crippen MR) is 153 cm³/mol. The van der Waals surface area contributed by atoms with Gasteiger partial charge in [-0.25, -0.2) is 9.97 Å². The van der Waals surface area contributed by atoms with Crippen molar-refractivity contribution in [1.29, 1.82) is 0 Å². The van der Waals surface area contributed by atoms with Gasteiger partial charge in [-0.2, -0.15) is 0 Å². The molecule has 0 radical (unpaired) electrons. The van der Waals surface area contributed by atoms with E-state index in [-0.39, 0.29) is 0 Å². The van der Waals surface area contributed by atoms with E-state index >= 15 is 0 Å². The number of rotatable bonds is 8. The minimum atomic E-state index is 0.595. The molecule has 0 aliphatic rings. The van der Waals surface area contributed by atoms with Crippen molar-refractivity contribution in [1.82, 2.24) is 9.97 Å². The lowest BCUT2D eigenvalue weighted by Gasteiger charge is -2.15. The Morgan fingerprint density at radius 3 is 1.89 bits per heavy atom. The zero-order chi connectivity index (χ0) is 25.8. The van der Waals surface area contributed by atoms with Crippen LogP contribution in [-0.4, -0.2) is 23.7 Å². The first kappa shape index (κ1) is 25.1. The monoisotopic (exact) mass is 528 g/mol. The Morgan fingerprint density at radius 1 is 0.703 bits per heavy atom. The maximum atomic E-state index is 6.22. The van der Waals surface area contributed by atoms with E-state index in [1.807, 2.05) is 66.7 Å². The van der Waals surface area contributed by atoms with Crippen molar-refractivity contribution in [2.75, 3.05) is 13.7 Å². The Labute approximate surface area is 226 Å². The van der Waals surface area contributed by atoms with Gasteiger partial charge in [0.25, 0.3) is 0 Å². The fourth-order valence-corrected chi connectivity index (χ4v) is 4.37. The van der Waals surface area contributed by atoms with E-state index in [1.54, 1.807) is 7.11 Å². The number of hydrogen-bond acceptors (Lipinski definition) is 4. The molecule has 0 bridgehead atoms. The van der Waals surface area contributed by atoms with Crippen molar-refractivity contribution in [3.8, 4) is 45.3 Å². The topological polar surface area (TPSA) is 44.2 Å². The highest BCUT2D eigenvalue weighted by Crippen LogP contribution is 2.37. The third-order valence-electron chi connectivity index (χ3n) is 6.14. The second kappa shape index (κ2) is 11.2.